The molecule has 1 amide bonds. The summed E-state index contributed by atoms with van der Waals surface area (Å²) in [6, 6.07) is 22.5. The number of amides is 1. The molecular formula is C37H48N2O3S. The van der Waals surface area contributed by atoms with Crippen molar-refractivity contribution in [2.24, 2.45) is 0 Å². The summed E-state index contributed by atoms with van der Waals surface area (Å²) in [6.45, 7) is 6.93. The standard InChI is InChI=1S/C37H48N2O3S/c1-4-5-22-39(25-28-15-18-31(19-16-28)30-12-7-6-8-13-30)26-29-17-20-33(34(24-29)32-14-10-9-11-27(32)2)36(40)38-35(37(41)42)21-23-43-3/h9-11,14-20,24,30,35H,4-8,12-13,21-23,25-26H2,1-3H3,(H,38,40)(H,41,42)/t35-/m0/s1. The first-order chi connectivity index (χ1) is 20.9. The zero-order valence-electron chi connectivity index (χ0n) is 26.1. The second-order valence-corrected chi connectivity index (χ2v) is 13.0. The lowest BCUT2D eigenvalue weighted by atomic mass is 9.84. The summed E-state index contributed by atoms with van der Waals surface area (Å²) in [5, 5.41) is 12.5. The monoisotopic (exact) mass is 600 g/mol. The van der Waals surface area contributed by atoms with E-state index >= 15 is 0 Å². The molecule has 1 saturated carbocycles. The van der Waals surface area contributed by atoms with Gasteiger partial charge < -0.3 is 10.4 Å². The van der Waals surface area contributed by atoms with Crippen molar-refractivity contribution in [2.45, 2.75) is 90.3 Å². The first-order valence-corrected chi connectivity index (χ1v) is 17.3. The summed E-state index contributed by atoms with van der Waals surface area (Å²) < 4.78 is 0. The smallest absolute Gasteiger partial charge is 0.326 e. The van der Waals surface area contributed by atoms with Crippen molar-refractivity contribution in [3.8, 4) is 11.1 Å². The Morgan fingerprint density at radius 3 is 2.33 bits per heavy atom. The number of carboxylic acids is 1. The van der Waals surface area contributed by atoms with Crippen LogP contribution in [-0.2, 0) is 17.9 Å². The van der Waals surface area contributed by atoms with Gasteiger partial charge in [0.25, 0.3) is 5.91 Å². The molecule has 6 heteroatoms. The van der Waals surface area contributed by atoms with Crippen LogP contribution in [0.25, 0.3) is 11.1 Å². The van der Waals surface area contributed by atoms with Gasteiger partial charge in [0.2, 0.25) is 0 Å². The van der Waals surface area contributed by atoms with Crippen LogP contribution >= 0.6 is 11.8 Å². The van der Waals surface area contributed by atoms with Gasteiger partial charge in [-0.05, 0) is 103 Å². The summed E-state index contributed by atoms with van der Waals surface area (Å²) in [4.78, 5) is 27.9. The van der Waals surface area contributed by atoms with Gasteiger partial charge in [0, 0.05) is 18.7 Å². The molecule has 3 aromatic carbocycles. The van der Waals surface area contributed by atoms with Gasteiger partial charge in [-0.3, -0.25) is 9.69 Å². The first-order valence-electron chi connectivity index (χ1n) is 15.9. The molecular weight excluding hydrogens is 552 g/mol. The number of carboxylic acid groups (broad SMARTS) is 1. The van der Waals surface area contributed by atoms with Crippen molar-refractivity contribution in [2.75, 3.05) is 18.6 Å². The minimum Gasteiger partial charge on any atom is -0.480 e. The number of aryl methyl sites for hydroxylation is 1. The van der Waals surface area contributed by atoms with E-state index in [0.29, 0.717) is 23.7 Å². The third-order valence-electron chi connectivity index (χ3n) is 8.67. The van der Waals surface area contributed by atoms with E-state index < -0.39 is 12.0 Å². The second kappa shape index (κ2) is 16.7. The van der Waals surface area contributed by atoms with Gasteiger partial charge in [-0.1, -0.05) is 87.2 Å². The van der Waals surface area contributed by atoms with E-state index in [2.05, 4.69) is 47.5 Å². The van der Waals surface area contributed by atoms with E-state index in [0.717, 1.165) is 54.7 Å². The maximum Gasteiger partial charge on any atom is 0.326 e. The largest absolute Gasteiger partial charge is 0.480 e. The van der Waals surface area contributed by atoms with Crippen LogP contribution in [0.2, 0.25) is 0 Å². The van der Waals surface area contributed by atoms with Crippen LogP contribution in [0.4, 0.5) is 0 Å². The fraction of sp³-hybridized carbons (Fsp3) is 0.459. The van der Waals surface area contributed by atoms with Crippen LogP contribution in [-0.4, -0.2) is 46.5 Å². The maximum absolute atomic E-state index is 13.5. The fourth-order valence-corrected chi connectivity index (χ4v) is 6.63. The molecule has 0 radical (unpaired) electrons. The van der Waals surface area contributed by atoms with Gasteiger partial charge in [0.05, 0.1) is 0 Å². The molecule has 0 aromatic heterocycles. The van der Waals surface area contributed by atoms with Crippen molar-refractivity contribution >= 4 is 23.6 Å². The van der Waals surface area contributed by atoms with E-state index in [1.165, 1.54) is 43.2 Å². The van der Waals surface area contributed by atoms with Gasteiger partial charge in [0.15, 0.2) is 0 Å². The number of unbranched alkanes of at least 4 members (excludes halogenated alkanes) is 1. The van der Waals surface area contributed by atoms with Crippen molar-refractivity contribution < 1.29 is 14.7 Å². The number of benzene rings is 3. The van der Waals surface area contributed by atoms with Crippen LogP contribution in [0.1, 0.15) is 96.8 Å². The Labute approximate surface area is 262 Å². The van der Waals surface area contributed by atoms with E-state index in [1.807, 2.05) is 49.6 Å². The zero-order chi connectivity index (χ0) is 30.6. The molecule has 0 saturated heterocycles. The van der Waals surface area contributed by atoms with Crippen LogP contribution in [0.5, 0.6) is 0 Å². The van der Waals surface area contributed by atoms with Gasteiger partial charge >= 0.3 is 5.97 Å². The van der Waals surface area contributed by atoms with Crippen molar-refractivity contribution in [3.63, 3.8) is 0 Å². The Morgan fingerprint density at radius 2 is 1.65 bits per heavy atom. The minimum absolute atomic E-state index is 0.348. The third kappa shape index (κ3) is 9.45. The van der Waals surface area contributed by atoms with Gasteiger partial charge in [0.1, 0.15) is 6.04 Å². The Balaban J connectivity index is 1.57. The molecule has 0 heterocycles. The SMILES string of the molecule is CCCCN(Cc1ccc(C2CCCCC2)cc1)Cc1ccc(C(=O)N[C@@H](CCSC)C(=O)O)c(-c2ccccc2C)c1. The van der Waals surface area contributed by atoms with Gasteiger partial charge in [-0.25, -0.2) is 4.79 Å². The van der Waals surface area contributed by atoms with Crippen LogP contribution < -0.4 is 5.32 Å². The molecule has 0 unspecified atom stereocenters. The molecule has 0 aliphatic heterocycles. The van der Waals surface area contributed by atoms with Crippen molar-refractivity contribution in [1.82, 2.24) is 10.2 Å². The predicted molar refractivity (Wildman–Crippen MR) is 180 cm³/mol. The molecule has 0 spiro atoms. The summed E-state index contributed by atoms with van der Waals surface area (Å²) in [6.07, 6.45) is 11.3. The summed E-state index contributed by atoms with van der Waals surface area (Å²) >= 11 is 1.57. The van der Waals surface area contributed by atoms with Crippen LogP contribution in [0.15, 0.2) is 66.7 Å². The average Bonchev–Trinajstić information content (AvgIpc) is 3.02. The molecule has 1 atom stereocenters. The second-order valence-electron chi connectivity index (χ2n) is 12.0. The number of nitrogens with zero attached hydrogens (tertiary/aromatic N) is 1. The van der Waals surface area contributed by atoms with Crippen LogP contribution in [0, 0.1) is 6.92 Å². The molecule has 4 rings (SSSR count). The minimum atomic E-state index is -1.00. The summed E-state index contributed by atoms with van der Waals surface area (Å²) in [5.41, 5.74) is 7.37. The lowest BCUT2D eigenvalue weighted by molar-refractivity contribution is -0.139. The van der Waals surface area contributed by atoms with E-state index in [1.54, 1.807) is 11.8 Å². The lowest BCUT2D eigenvalue weighted by Gasteiger charge is -2.25. The van der Waals surface area contributed by atoms with Crippen molar-refractivity contribution in [1.29, 1.82) is 0 Å². The summed E-state index contributed by atoms with van der Waals surface area (Å²) in [5.74, 6) is 0.0254. The normalized spacial score (nSPS) is 14.5. The Hall–Kier alpha value is -3.09. The topological polar surface area (TPSA) is 69.6 Å². The van der Waals surface area contributed by atoms with Gasteiger partial charge in [-0.2, -0.15) is 11.8 Å². The highest BCUT2D eigenvalue weighted by molar-refractivity contribution is 7.98. The molecule has 1 aliphatic carbocycles. The highest BCUT2D eigenvalue weighted by Gasteiger charge is 2.23. The molecule has 0 bridgehead atoms. The van der Waals surface area contributed by atoms with E-state index in [9.17, 15) is 14.7 Å². The number of thioether (sulfide) groups is 1. The highest BCUT2D eigenvalue weighted by atomic mass is 32.2. The third-order valence-corrected chi connectivity index (χ3v) is 9.32. The molecule has 5 nitrogen and oxygen atoms in total. The Morgan fingerprint density at radius 1 is 0.953 bits per heavy atom. The molecule has 43 heavy (non-hydrogen) atoms. The number of hydrogen-bond donors (Lipinski definition) is 2. The zero-order valence-corrected chi connectivity index (χ0v) is 26.9. The van der Waals surface area contributed by atoms with Crippen molar-refractivity contribution in [3.05, 3.63) is 94.5 Å². The van der Waals surface area contributed by atoms with E-state index in [4.69, 9.17) is 0 Å². The summed E-state index contributed by atoms with van der Waals surface area (Å²) in [7, 11) is 0. The molecule has 1 fully saturated rings. The van der Waals surface area contributed by atoms with Crippen LogP contribution in [0.3, 0.4) is 0 Å². The van der Waals surface area contributed by atoms with Gasteiger partial charge in [-0.15, -0.1) is 0 Å². The Kier molecular flexibility index (Phi) is 12.7. The molecule has 2 N–H and O–H groups in total. The number of nitrogens with one attached hydrogen (secondary N) is 1. The molecule has 230 valence electrons. The number of carbonyl (C=O) groups is 2. The lowest BCUT2D eigenvalue weighted by Crippen LogP contribution is -2.41. The number of hydrogen-bond acceptors (Lipinski definition) is 4. The predicted octanol–water partition coefficient (Wildman–Crippen LogP) is 8.45. The fourth-order valence-electron chi connectivity index (χ4n) is 6.16. The average molecular weight is 601 g/mol. The Bertz CT molecular complexity index is 1330. The van der Waals surface area contributed by atoms with E-state index in [-0.39, 0.29) is 5.91 Å². The number of aliphatic carboxylic acids is 1. The molecule has 1 aliphatic rings. The number of carbonyl (C=O) groups excluding carboxylic acids is 1. The maximum atomic E-state index is 13.5. The highest BCUT2D eigenvalue weighted by Crippen LogP contribution is 2.33. The quantitative estimate of drug-likeness (QED) is 0.183. The molecule has 3 aromatic rings. The first kappa shape index (κ1) is 32.8. The number of rotatable bonds is 15.